The minimum absolute atomic E-state index is 0.0171. The molecule has 7 heteroatoms. The summed E-state index contributed by atoms with van der Waals surface area (Å²) in [6.07, 6.45) is 0.741. The van der Waals surface area contributed by atoms with Gasteiger partial charge in [0.05, 0.1) is 18.8 Å². The Labute approximate surface area is 127 Å². The highest BCUT2D eigenvalue weighted by Gasteiger charge is 2.26. The molecule has 0 fully saturated rings. The van der Waals surface area contributed by atoms with E-state index in [9.17, 15) is 9.59 Å². The van der Waals surface area contributed by atoms with Crippen molar-refractivity contribution in [1.29, 1.82) is 0 Å². The van der Waals surface area contributed by atoms with Crippen LogP contribution in [0.2, 0.25) is 0 Å². The molecule has 0 atom stereocenters. The molecule has 1 aromatic rings. The van der Waals surface area contributed by atoms with Gasteiger partial charge in [0.15, 0.2) is 0 Å². The number of hydrogen-bond donors (Lipinski definition) is 2. The first-order chi connectivity index (χ1) is 10.0. The van der Waals surface area contributed by atoms with Gasteiger partial charge in [0.2, 0.25) is 0 Å². The van der Waals surface area contributed by atoms with Crippen molar-refractivity contribution in [2.24, 2.45) is 0 Å². The Bertz CT molecular complexity index is 539. The SMILES string of the molecule is COC(=O)c1c(NC(=O)COC(C)C)sc2c1CCNC2. The number of hydrogen-bond acceptors (Lipinski definition) is 6. The summed E-state index contributed by atoms with van der Waals surface area (Å²) in [6, 6.07) is 0. The van der Waals surface area contributed by atoms with Gasteiger partial charge in [0.25, 0.3) is 5.91 Å². The van der Waals surface area contributed by atoms with E-state index in [1.165, 1.54) is 18.4 Å². The number of carbonyl (C=O) groups is 2. The highest BCUT2D eigenvalue weighted by atomic mass is 32.1. The fraction of sp³-hybridized carbons (Fsp3) is 0.571. The van der Waals surface area contributed by atoms with Crippen LogP contribution in [-0.2, 0) is 27.2 Å². The van der Waals surface area contributed by atoms with Crippen LogP contribution in [0.25, 0.3) is 0 Å². The van der Waals surface area contributed by atoms with E-state index in [2.05, 4.69) is 10.6 Å². The number of ether oxygens (including phenoxy) is 2. The molecule has 0 spiro atoms. The van der Waals surface area contributed by atoms with Crippen molar-refractivity contribution >= 4 is 28.2 Å². The third kappa shape index (κ3) is 3.81. The maximum absolute atomic E-state index is 12.0. The quantitative estimate of drug-likeness (QED) is 0.807. The average Bonchev–Trinajstić information content (AvgIpc) is 2.82. The first-order valence-corrected chi connectivity index (χ1v) is 7.69. The lowest BCUT2D eigenvalue weighted by atomic mass is 10.0. The van der Waals surface area contributed by atoms with Gasteiger partial charge in [0.1, 0.15) is 11.6 Å². The molecule has 0 unspecified atom stereocenters. The zero-order valence-corrected chi connectivity index (χ0v) is 13.3. The van der Waals surface area contributed by atoms with E-state index in [0.29, 0.717) is 17.1 Å². The van der Waals surface area contributed by atoms with Crippen LogP contribution in [-0.4, -0.2) is 38.2 Å². The zero-order valence-electron chi connectivity index (χ0n) is 12.4. The normalized spacial score (nSPS) is 13.9. The smallest absolute Gasteiger partial charge is 0.341 e. The summed E-state index contributed by atoms with van der Waals surface area (Å²) < 4.78 is 10.1. The number of fused-ring (bicyclic) bond motifs is 1. The van der Waals surface area contributed by atoms with E-state index in [0.717, 1.165) is 23.4 Å². The molecule has 2 rings (SSSR count). The zero-order chi connectivity index (χ0) is 15.4. The van der Waals surface area contributed by atoms with Crippen molar-refractivity contribution in [3.63, 3.8) is 0 Å². The van der Waals surface area contributed by atoms with E-state index in [1.54, 1.807) is 0 Å². The minimum Gasteiger partial charge on any atom is -0.465 e. The van der Waals surface area contributed by atoms with E-state index in [1.807, 2.05) is 13.8 Å². The number of thiophene rings is 1. The van der Waals surface area contributed by atoms with Crippen LogP contribution in [0.3, 0.4) is 0 Å². The largest absolute Gasteiger partial charge is 0.465 e. The van der Waals surface area contributed by atoms with Crippen molar-refractivity contribution in [3.05, 3.63) is 16.0 Å². The first kappa shape index (κ1) is 15.9. The number of rotatable bonds is 5. The van der Waals surface area contributed by atoms with Gasteiger partial charge in [-0.15, -0.1) is 11.3 Å². The van der Waals surface area contributed by atoms with Crippen molar-refractivity contribution in [3.8, 4) is 0 Å². The lowest BCUT2D eigenvalue weighted by Gasteiger charge is -2.13. The van der Waals surface area contributed by atoms with Crippen molar-refractivity contribution < 1.29 is 19.1 Å². The molecule has 21 heavy (non-hydrogen) atoms. The van der Waals surface area contributed by atoms with Gasteiger partial charge in [-0.2, -0.15) is 0 Å². The van der Waals surface area contributed by atoms with Gasteiger partial charge in [0, 0.05) is 11.4 Å². The fourth-order valence-electron chi connectivity index (χ4n) is 2.15. The molecule has 0 saturated heterocycles. The predicted octanol–water partition coefficient (Wildman–Crippen LogP) is 1.54. The van der Waals surface area contributed by atoms with Crippen LogP contribution in [0.15, 0.2) is 0 Å². The summed E-state index contributed by atoms with van der Waals surface area (Å²) in [5, 5.41) is 6.57. The molecular formula is C14H20N2O4S. The summed E-state index contributed by atoms with van der Waals surface area (Å²) in [5.41, 5.74) is 1.46. The van der Waals surface area contributed by atoms with Crippen LogP contribution in [0.1, 0.15) is 34.6 Å². The summed E-state index contributed by atoms with van der Waals surface area (Å²) in [4.78, 5) is 25.0. The second-order valence-corrected chi connectivity index (χ2v) is 6.14. The summed E-state index contributed by atoms with van der Waals surface area (Å²) in [6.45, 7) is 5.23. The van der Waals surface area contributed by atoms with Crippen molar-refractivity contribution in [2.75, 3.05) is 25.6 Å². The minimum atomic E-state index is -0.408. The first-order valence-electron chi connectivity index (χ1n) is 6.88. The Morgan fingerprint density at radius 1 is 1.43 bits per heavy atom. The Hall–Kier alpha value is -1.44. The highest BCUT2D eigenvalue weighted by Crippen LogP contribution is 2.35. The monoisotopic (exact) mass is 312 g/mol. The molecule has 1 aliphatic rings. The van der Waals surface area contributed by atoms with E-state index < -0.39 is 5.97 Å². The maximum Gasteiger partial charge on any atom is 0.341 e. The maximum atomic E-state index is 12.0. The number of anilines is 1. The lowest BCUT2D eigenvalue weighted by Crippen LogP contribution is -2.24. The molecule has 0 aromatic carbocycles. The molecule has 1 aromatic heterocycles. The average molecular weight is 312 g/mol. The molecule has 6 nitrogen and oxygen atoms in total. The molecule has 0 aliphatic carbocycles. The Morgan fingerprint density at radius 2 is 2.19 bits per heavy atom. The van der Waals surface area contributed by atoms with Gasteiger partial charge in [-0.05, 0) is 32.4 Å². The summed E-state index contributed by atoms with van der Waals surface area (Å²) >= 11 is 1.42. The molecular weight excluding hydrogens is 292 g/mol. The third-order valence-corrected chi connectivity index (χ3v) is 4.27. The summed E-state index contributed by atoms with van der Waals surface area (Å²) in [7, 11) is 1.35. The predicted molar refractivity (Wildman–Crippen MR) is 80.8 cm³/mol. The number of amides is 1. The van der Waals surface area contributed by atoms with Gasteiger partial charge in [-0.1, -0.05) is 0 Å². The van der Waals surface area contributed by atoms with Crippen molar-refractivity contribution in [2.45, 2.75) is 32.9 Å². The molecule has 0 bridgehead atoms. The summed E-state index contributed by atoms with van der Waals surface area (Å²) in [5.74, 6) is -0.671. The molecule has 0 saturated carbocycles. The van der Waals surface area contributed by atoms with Crippen LogP contribution in [0.4, 0.5) is 5.00 Å². The fourth-order valence-corrected chi connectivity index (χ4v) is 3.37. The third-order valence-electron chi connectivity index (χ3n) is 3.12. The van der Waals surface area contributed by atoms with E-state index >= 15 is 0 Å². The van der Waals surface area contributed by atoms with Gasteiger partial charge in [-0.25, -0.2) is 4.79 Å². The number of nitrogens with one attached hydrogen (secondary N) is 2. The van der Waals surface area contributed by atoms with Crippen LogP contribution in [0, 0.1) is 0 Å². The van der Waals surface area contributed by atoms with Crippen molar-refractivity contribution in [1.82, 2.24) is 5.32 Å². The molecule has 1 aliphatic heterocycles. The van der Waals surface area contributed by atoms with Crippen LogP contribution >= 0.6 is 11.3 Å². The Kier molecular flexibility index (Phi) is 5.33. The van der Waals surface area contributed by atoms with E-state index in [4.69, 9.17) is 9.47 Å². The van der Waals surface area contributed by atoms with Gasteiger partial charge in [-0.3, -0.25) is 4.79 Å². The van der Waals surface area contributed by atoms with Gasteiger partial charge >= 0.3 is 5.97 Å². The van der Waals surface area contributed by atoms with Gasteiger partial charge < -0.3 is 20.1 Å². The van der Waals surface area contributed by atoms with Crippen LogP contribution < -0.4 is 10.6 Å². The molecule has 116 valence electrons. The Balaban J connectivity index is 2.20. The second kappa shape index (κ2) is 7.02. The number of esters is 1. The lowest BCUT2D eigenvalue weighted by molar-refractivity contribution is -0.121. The Morgan fingerprint density at radius 3 is 2.86 bits per heavy atom. The number of carbonyl (C=O) groups excluding carboxylic acids is 2. The van der Waals surface area contributed by atoms with Crippen LogP contribution in [0.5, 0.6) is 0 Å². The molecule has 1 amide bonds. The molecule has 2 N–H and O–H groups in total. The van der Waals surface area contributed by atoms with E-state index in [-0.39, 0.29) is 18.6 Å². The topological polar surface area (TPSA) is 76.7 Å². The molecule has 2 heterocycles. The number of methoxy groups -OCH3 is 1. The second-order valence-electron chi connectivity index (χ2n) is 5.03. The highest BCUT2D eigenvalue weighted by molar-refractivity contribution is 7.17. The standard InChI is InChI=1S/C14H20N2O4S/c1-8(2)20-7-11(17)16-13-12(14(18)19-3)9-4-5-15-6-10(9)21-13/h8,15H,4-7H2,1-3H3,(H,16,17). The molecule has 0 radical (unpaired) electrons.